The number of rotatable bonds is 13. The average molecular weight is 594 g/mol. The molecular formula is C33H40ClN3O5. The monoisotopic (exact) mass is 593 g/mol. The van der Waals surface area contributed by atoms with Crippen LogP contribution in [0, 0.1) is 0 Å². The predicted molar refractivity (Wildman–Crippen MR) is 169 cm³/mol. The Bertz CT molecular complexity index is 1590. The summed E-state index contributed by atoms with van der Waals surface area (Å²) in [6, 6.07) is 11.8. The van der Waals surface area contributed by atoms with E-state index in [0.29, 0.717) is 6.54 Å². The van der Waals surface area contributed by atoms with E-state index < -0.39 is 11.3 Å². The van der Waals surface area contributed by atoms with Crippen LogP contribution in [0.3, 0.4) is 0 Å². The minimum Gasteiger partial charge on any atom is -0.508 e. The maximum Gasteiger partial charge on any atom is 0.287 e. The number of fused-ring (bicyclic) bond motifs is 3. The van der Waals surface area contributed by atoms with E-state index in [1.54, 1.807) is 0 Å². The van der Waals surface area contributed by atoms with E-state index in [4.69, 9.17) is 9.40 Å². The number of nitrogens with zero attached hydrogens (tertiary/aromatic N) is 1. The fraction of sp³-hybridized carbons (Fsp3) is 0.424. The van der Waals surface area contributed by atoms with Gasteiger partial charge in [0.25, 0.3) is 5.91 Å². The van der Waals surface area contributed by atoms with Gasteiger partial charge in [0.1, 0.15) is 22.5 Å². The summed E-state index contributed by atoms with van der Waals surface area (Å²) in [7, 11) is 0. The molecule has 9 heteroatoms. The van der Waals surface area contributed by atoms with E-state index in [0.717, 1.165) is 62.7 Å². The lowest BCUT2D eigenvalue weighted by Crippen LogP contribution is -2.25. The Morgan fingerprint density at radius 1 is 0.881 bits per heavy atom. The first-order chi connectivity index (χ1) is 20.0. The molecule has 5 rings (SSSR count). The molecule has 0 bridgehead atoms. The number of hydrogen-bond donors (Lipinski definition) is 4. The number of carbonyl (C=O) groups is 1. The summed E-state index contributed by atoms with van der Waals surface area (Å²) >= 11 is 0. The van der Waals surface area contributed by atoms with Gasteiger partial charge in [-0.1, -0.05) is 56.7 Å². The fourth-order valence-electron chi connectivity index (χ4n) is 5.75. The Labute approximate surface area is 252 Å². The summed E-state index contributed by atoms with van der Waals surface area (Å²) in [5, 5.41) is 27.2. The zero-order chi connectivity index (χ0) is 28.6. The molecule has 4 N–H and O–H groups in total. The van der Waals surface area contributed by atoms with Crippen molar-refractivity contribution >= 4 is 45.9 Å². The molecule has 0 unspecified atom stereocenters. The molecule has 8 nitrogen and oxygen atoms in total. The van der Waals surface area contributed by atoms with Gasteiger partial charge in [-0.2, -0.15) is 0 Å². The number of amides is 1. The van der Waals surface area contributed by atoms with E-state index in [-0.39, 0.29) is 40.6 Å². The van der Waals surface area contributed by atoms with Crippen molar-refractivity contribution in [1.82, 2.24) is 10.3 Å². The minimum absolute atomic E-state index is 0. The van der Waals surface area contributed by atoms with E-state index in [2.05, 4.69) is 34.9 Å². The topological polar surface area (TPSA) is 125 Å². The molecule has 224 valence electrons. The lowest BCUT2D eigenvalue weighted by molar-refractivity contribution is 0.0925. The van der Waals surface area contributed by atoms with Crippen molar-refractivity contribution in [3.63, 3.8) is 0 Å². The molecule has 1 amide bonds. The maximum atomic E-state index is 12.4. The quantitative estimate of drug-likeness (QED) is 0.123. The van der Waals surface area contributed by atoms with E-state index in [1.165, 1.54) is 66.9 Å². The lowest BCUT2D eigenvalue weighted by atomic mass is 9.92. The molecule has 2 heterocycles. The number of benzene rings is 2. The smallest absolute Gasteiger partial charge is 0.287 e. The van der Waals surface area contributed by atoms with Crippen LogP contribution in [0.15, 0.2) is 51.7 Å². The Hall–Kier alpha value is -3.78. The molecule has 0 spiro atoms. The van der Waals surface area contributed by atoms with Gasteiger partial charge in [0, 0.05) is 48.1 Å². The number of nitrogens with one attached hydrogen (secondary N) is 2. The number of aromatic hydroxyl groups is 2. The van der Waals surface area contributed by atoms with Crippen LogP contribution >= 0.6 is 12.4 Å². The van der Waals surface area contributed by atoms with Crippen LogP contribution in [-0.2, 0) is 12.8 Å². The molecule has 0 radical (unpaired) electrons. The average Bonchev–Trinajstić information content (AvgIpc) is 2.96. The summed E-state index contributed by atoms with van der Waals surface area (Å²) in [5.41, 5.74) is 4.54. The summed E-state index contributed by atoms with van der Waals surface area (Å²) in [6.45, 7) is 1.48. The number of hydrogen-bond acceptors (Lipinski definition) is 7. The highest BCUT2D eigenvalue weighted by atomic mass is 35.5. The summed E-state index contributed by atoms with van der Waals surface area (Å²) in [4.78, 5) is 29.6. The Balaban J connectivity index is 0.00000405. The third-order valence-electron chi connectivity index (χ3n) is 7.88. The highest BCUT2D eigenvalue weighted by molar-refractivity contribution is 5.94. The van der Waals surface area contributed by atoms with Crippen LogP contribution in [0.4, 0.5) is 5.69 Å². The second-order valence-corrected chi connectivity index (χ2v) is 11.0. The first kappa shape index (κ1) is 31.2. The van der Waals surface area contributed by atoms with Crippen molar-refractivity contribution in [2.24, 2.45) is 0 Å². The third kappa shape index (κ3) is 7.53. The van der Waals surface area contributed by atoms with E-state index in [1.807, 2.05) is 0 Å². The van der Waals surface area contributed by atoms with Crippen molar-refractivity contribution in [2.75, 3.05) is 18.4 Å². The van der Waals surface area contributed by atoms with Gasteiger partial charge in [-0.05, 0) is 50.2 Å². The van der Waals surface area contributed by atoms with Gasteiger partial charge in [-0.15, -0.1) is 12.4 Å². The zero-order valence-electron chi connectivity index (χ0n) is 23.9. The number of anilines is 1. The number of carbonyl (C=O) groups excluding carboxylic acids is 1. The first-order valence-corrected chi connectivity index (χ1v) is 14.9. The van der Waals surface area contributed by atoms with Crippen LogP contribution in [-0.4, -0.2) is 34.2 Å². The second-order valence-electron chi connectivity index (χ2n) is 11.0. The normalized spacial score (nSPS) is 12.6. The number of halogens is 1. The molecule has 0 atom stereocenters. The summed E-state index contributed by atoms with van der Waals surface area (Å²) in [6.07, 6.45) is 13.6. The summed E-state index contributed by atoms with van der Waals surface area (Å²) in [5.74, 6) is -1.25. The molecule has 42 heavy (non-hydrogen) atoms. The Morgan fingerprint density at radius 3 is 2.36 bits per heavy atom. The number of aryl methyl sites for hydroxylation is 1. The molecule has 1 aliphatic carbocycles. The zero-order valence-corrected chi connectivity index (χ0v) is 24.7. The highest BCUT2D eigenvalue weighted by Gasteiger charge is 2.18. The summed E-state index contributed by atoms with van der Waals surface area (Å²) < 4.78 is 5.45. The van der Waals surface area contributed by atoms with Crippen LogP contribution < -0.4 is 16.1 Å². The van der Waals surface area contributed by atoms with Crippen LogP contribution in [0.2, 0.25) is 0 Å². The number of para-hydroxylation sites is 1. The first-order valence-electron chi connectivity index (χ1n) is 14.9. The molecule has 0 saturated carbocycles. The Kier molecular flexibility index (Phi) is 11.1. The highest BCUT2D eigenvalue weighted by Crippen LogP contribution is 2.33. The molecule has 4 aromatic rings. The molecule has 0 aliphatic heterocycles. The van der Waals surface area contributed by atoms with Crippen LogP contribution in [0.25, 0.3) is 21.9 Å². The van der Waals surface area contributed by atoms with Gasteiger partial charge in [0.05, 0.1) is 5.52 Å². The third-order valence-corrected chi connectivity index (χ3v) is 7.88. The van der Waals surface area contributed by atoms with Crippen molar-refractivity contribution in [2.45, 2.75) is 77.0 Å². The molecule has 2 aromatic carbocycles. The van der Waals surface area contributed by atoms with Gasteiger partial charge in [-0.25, -0.2) is 0 Å². The van der Waals surface area contributed by atoms with Crippen molar-refractivity contribution in [3.8, 4) is 11.5 Å². The van der Waals surface area contributed by atoms with Gasteiger partial charge < -0.3 is 25.3 Å². The molecular weight excluding hydrogens is 554 g/mol. The largest absolute Gasteiger partial charge is 0.508 e. The maximum absolute atomic E-state index is 12.4. The van der Waals surface area contributed by atoms with Crippen LogP contribution in [0.1, 0.15) is 86.0 Å². The number of phenolic OH excluding ortho intramolecular Hbond substituents is 2. The number of pyridine rings is 1. The van der Waals surface area contributed by atoms with Gasteiger partial charge in [0.15, 0.2) is 11.2 Å². The standard InChI is InChI=1S/C33H39N3O5.ClH/c37-22-19-27(38)31-28(39)21-30(41-29(31)20-22)33(40)35-18-12-6-4-2-1-3-5-11-17-34-32-23-13-7-9-15-25(23)36-26-16-10-8-14-24(26)32;/h7,9,13,15,19-21,37-38H,1-6,8,10-12,14,16-18H2,(H,34,36)(H,35,40);1H. The fourth-order valence-corrected chi connectivity index (χ4v) is 5.75. The predicted octanol–water partition coefficient (Wildman–Crippen LogP) is 7.02. The van der Waals surface area contributed by atoms with Gasteiger partial charge in [0.2, 0.25) is 0 Å². The molecule has 0 fully saturated rings. The van der Waals surface area contributed by atoms with E-state index >= 15 is 0 Å². The van der Waals surface area contributed by atoms with Crippen molar-refractivity contribution in [3.05, 3.63) is 69.7 Å². The van der Waals surface area contributed by atoms with Crippen LogP contribution in [0.5, 0.6) is 11.5 Å². The van der Waals surface area contributed by atoms with E-state index in [9.17, 15) is 19.8 Å². The molecule has 0 saturated heterocycles. The minimum atomic E-state index is -0.533. The van der Waals surface area contributed by atoms with Gasteiger partial charge in [-0.3, -0.25) is 14.6 Å². The van der Waals surface area contributed by atoms with Crippen molar-refractivity contribution in [1.29, 1.82) is 0 Å². The van der Waals surface area contributed by atoms with Gasteiger partial charge >= 0.3 is 0 Å². The molecule has 1 aliphatic rings. The number of unbranched alkanes of at least 4 members (excludes halogenated alkanes) is 7. The second kappa shape index (κ2) is 14.9. The SMILES string of the molecule is Cl.O=C(NCCCCCCCCCCNc1c2c(nc3ccccc13)CCCC2)c1cc(=O)c2c(O)cc(O)cc2o1. The number of phenols is 2. The molecule has 2 aromatic heterocycles. The van der Waals surface area contributed by atoms with Crippen molar-refractivity contribution < 1.29 is 19.4 Å². The number of aromatic nitrogens is 1. The lowest BCUT2D eigenvalue weighted by Gasteiger charge is -2.21. The Morgan fingerprint density at radius 2 is 1.57 bits per heavy atom.